The lowest BCUT2D eigenvalue weighted by Crippen LogP contribution is -2.52. The highest BCUT2D eigenvalue weighted by Gasteiger charge is 2.44. The molecule has 46 heavy (non-hydrogen) atoms. The van der Waals surface area contributed by atoms with Crippen LogP contribution in [0.25, 0.3) is 0 Å². The molecular formula is C30H34F7N3O5S. The molecule has 2 fully saturated rings. The highest BCUT2D eigenvalue weighted by molar-refractivity contribution is 7.89. The average Bonchev–Trinajstić information content (AvgIpc) is 2.99. The number of sulfonamides is 1. The molecule has 4 rings (SSSR count). The standard InChI is InChI=1S/C30H34F7N3O5S/c1-18-11-22(31)3-4-24(18)26-16-40(46(44,45)23-5-8-39(9-6-23)27(42)17-41)10-7-25(26)28(43)38(2)15-19-12-20(29(32,33)34)14-21(13-19)30(35,36)37/h3-4,11-14,23,25-26,41H,5-10,15-17H2,1-2H3. The first-order valence-electron chi connectivity index (χ1n) is 14.5. The molecule has 2 aliphatic heterocycles. The van der Waals surface area contributed by atoms with E-state index in [1.807, 2.05) is 0 Å². The lowest BCUT2D eigenvalue weighted by atomic mass is 9.79. The zero-order chi connectivity index (χ0) is 34.2. The number of carbonyl (C=O) groups is 2. The number of nitrogens with zero attached hydrogens (tertiary/aromatic N) is 3. The monoisotopic (exact) mass is 681 g/mol. The summed E-state index contributed by atoms with van der Waals surface area (Å²) in [4.78, 5) is 28.0. The van der Waals surface area contributed by atoms with E-state index in [1.165, 1.54) is 28.4 Å². The normalized spacial score (nSPS) is 20.5. The molecule has 0 saturated carbocycles. The van der Waals surface area contributed by atoms with Crippen molar-refractivity contribution in [1.82, 2.24) is 14.1 Å². The number of piperidine rings is 2. The Labute approximate surface area is 261 Å². The number of aliphatic hydroxyl groups is 1. The van der Waals surface area contributed by atoms with Crippen LogP contribution in [0.15, 0.2) is 36.4 Å². The molecule has 2 aromatic rings. The zero-order valence-electron chi connectivity index (χ0n) is 25.0. The summed E-state index contributed by atoms with van der Waals surface area (Å²) < 4.78 is 123. The molecule has 2 amide bonds. The van der Waals surface area contributed by atoms with Crippen LogP contribution in [0.3, 0.4) is 0 Å². The highest BCUT2D eigenvalue weighted by Crippen LogP contribution is 2.39. The number of benzene rings is 2. The van der Waals surface area contributed by atoms with Crippen molar-refractivity contribution in [2.75, 3.05) is 39.8 Å². The van der Waals surface area contributed by atoms with Gasteiger partial charge < -0.3 is 14.9 Å². The molecule has 16 heteroatoms. The van der Waals surface area contributed by atoms with Crippen LogP contribution in [0.2, 0.25) is 0 Å². The molecule has 2 aromatic carbocycles. The Morgan fingerprint density at radius 3 is 2.04 bits per heavy atom. The quantitative estimate of drug-likeness (QED) is 0.433. The second kappa shape index (κ2) is 13.5. The second-order valence-corrected chi connectivity index (χ2v) is 14.0. The third-order valence-electron chi connectivity index (χ3n) is 8.68. The van der Waals surface area contributed by atoms with E-state index in [0.29, 0.717) is 23.3 Å². The van der Waals surface area contributed by atoms with Crippen LogP contribution in [-0.4, -0.2) is 84.5 Å². The number of carbonyl (C=O) groups excluding carboxylic acids is 2. The van der Waals surface area contributed by atoms with Gasteiger partial charge in [-0.3, -0.25) is 9.59 Å². The molecule has 2 aliphatic rings. The smallest absolute Gasteiger partial charge is 0.387 e. The molecular weight excluding hydrogens is 647 g/mol. The average molecular weight is 682 g/mol. The van der Waals surface area contributed by atoms with Crippen molar-refractivity contribution in [2.45, 2.75) is 56.3 Å². The van der Waals surface area contributed by atoms with Gasteiger partial charge in [-0.25, -0.2) is 17.1 Å². The van der Waals surface area contributed by atoms with Crippen molar-refractivity contribution in [3.05, 3.63) is 70.0 Å². The number of hydrogen-bond donors (Lipinski definition) is 1. The predicted molar refractivity (Wildman–Crippen MR) is 152 cm³/mol. The van der Waals surface area contributed by atoms with Crippen molar-refractivity contribution in [3.8, 4) is 0 Å². The number of aryl methyl sites for hydroxylation is 1. The first-order valence-corrected chi connectivity index (χ1v) is 16.0. The second-order valence-electron chi connectivity index (χ2n) is 11.8. The fraction of sp³-hybridized carbons (Fsp3) is 0.533. The minimum Gasteiger partial charge on any atom is -0.387 e. The maximum atomic E-state index is 14.0. The Morgan fingerprint density at radius 1 is 0.935 bits per heavy atom. The molecule has 2 atom stereocenters. The van der Waals surface area contributed by atoms with Crippen molar-refractivity contribution < 1.29 is 53.8 Å². The third-order valence-corrected chi connectivity index (χ3v) is 11.0. The Balaban J connectivity index is 1.60. The van der Waals surface area contributed by atoms with E-state index in [9.17, 15) is 48.7 Å². The summed E-state index contributed by atoms with van der Waals surface area (Å²) in [6.45, 7) is 0.335. The molecule has 0 aliphatic carbocycles. The number of rotatable bonds is 7. The SMILES string of the molecule is Cc1cc(F)ccc1C1CN(S(=O)(=O)C2CCN(C(=O)CO)CC2)CCC1C(=O)N(C)Cc1cc(C(F)(F)F)cc(C(F)(F)F)c1. The highest BCUT2D eigenvalue weighted by atomic mass is 32.2. The summed E-state index contributed by atoms with van der Waals surface area (Å²) in [5.41, 5.74) is -2.49. The van der Waals surface area contributed by atoms with Crippen LogP contribution in [0.4, 0.5) is 30.7 Å². The van der Waals surface area contributed by atoms with Gasteiger partial charge >= 0.3 is 12.4 Å². The van der Waals surface area contributed by atoms with Crippen molar-refractivity contribution in [2.24, 2.45) is 5.92 Å². The van der Waals surface area contributed by atoms with Gasteiger partial charge in [0.1, 0.15) is 12.4 Å². The van der Waals surface area contributed by atoms with Crippen LogP contribution < -0.4 is 0 Å². The summed E-state index contributed by atoms with van der Waals surface area (Å²) in [5, 5.41) is 8.28. The van der Waals surface area contributed by atoms with Crippen LogP contribution >= 0.6 is 0 Å². The predicted octanol–water partition coefficient (Wildman–Crippen LogP) is 4.55. The molecule has 254 valence electrons. The summed E-state index contributed by atoms with van der Waals surface area (Å²) in [5.74, 6) is -3.41. The number of amides is 2. The fourth-order valence-electron chi connectivity index (χ4n) is 6.28. The first-order chi connectivity index (χ1) is 21.3. The minimum atomic E-state index is -5.06. The van der Waals surface area contributed by atoms with E-state index in [4.69, 9.17) is 5.11 Å². The number of alkyl halides is 6. The zero-order valence-corrected chi connectivity index (χ0v) is 25.9. The van der Waals surface area contributed by atoms with E-state index in [-0.39, 0.29) is 51.5 Å². The molecule has 8 nitrogen and oxygen atoms in total. The van der Waals surface area contributed by atoms with Crippen LogP contribution in [0.5, 0.6) is 0 Å². The lowest BCUT2D eigenvalue weighted by molar-refractivity contribution is -0.143. The minimum absolute atomic E-state index is 0.00314. The van der Waals surface area contributed by atoms with Gasteiger partial charge in [-0.05, 0) is 73.2 Å². The van der Waals surface area contributed by atoms with Crippen molar-refractivity contribution in [1.29, 1.82) is 0 Å². The Morgan fingerprint density at radius 2 is 1.52 bits per heavy atom. The van der Waals surface area contributed by atoms with Crippen LogP contribution in [-0.2, 0) is 38.5 Å². The van der Waals surface area contributed by atoms with Gasteiger partial charge in [0.05, 0.1) is 16.4 Å². The molecule has 2 heterocycles. The Bertz CT molecular complexity index is 1520. The molecule has 0 spiro atoms. The molecule has 0 aromatic heterocycles. The van der Waals surface area contributed by atoms with E-state index in [1.54, 1.807) is 6.92 Å². The summed E-state index contributed by atoms with van der Waals surface area (Å²) in [6, 6.07) is 4.93. The van der Waals surface area contributed by atoms with E-state index in [2.05, 4.69) is 0 Å². The fourth-order valence-corrected chi connectivity index (χ4v) is 8.23. The topological polar surface area (TPSA) is 98.2 Å². The van der Waals surface area contributed by atoms with Gasteiger partial charge in [0.2, 0.25) is 21.8 Å². The Kier molecular flexibility index (Phi) is 10.4. The largest absolute Gasteiger partial charge is 0.416 e. The van der Waals surface area contributed by atoms with E-state index in [0.717, 1.165) is 11.0 Å². The lowest BCUT2D eigenvalue weighted by Gasteiger charge is -2.41. The summed E-state index contributed by atoms with van der Waals surface area (Å²) >= 11 is 0. The summed E-state index contributed by atoms with van der Waals surface area (Å²) in [6.07, 6.45) is -9.87. The first kappa shape index (κ1) is 35.6. The number of hydrogen-bond acceptors (Lipinski definition) is 5. The maximum absolute atomic E-state index is 14.0. The van der Waals surface area contributed by atoms with E-state index < -0.39 is 86.9 Å². The molecule has 0 bridgehead atoms. The molecule has 0 radical (unpaired) electrons. The van der Waals surface area contributed by atoms with Gasteiger partial charge in [-0.1, -0.05) is 6.07 Å². The Hall–Kier alpha value is -3.24. The number of halogens is 7. The van der Waals surface area contributed by atoms with Crippen LogP contribution in [0, 0.1) is 18.7 Å². The van der Waals surface area contributed by atoms with Crippen molar-refractivity contribution in [3.63, 3.8) is 0 Å². The van der Waals surface area contributed by atoms with Crippen molar-refractivity contribution >= 4 is 21.8 Å². The maximum Gasteiger partial charge on any atom is 0.416 e. The third kappa shape index (κ3) is 7.82. The summed E-state index contributed by atoms with van der Waals surface area (Å²) in [7, 11) is -2.69. The van der Waals surface area contributed by atoms with Gasteiger partial charge in [-0.15, -0.1) is 0 Å². The number of aliphatic hydroxyl groups excluding tert-OH is 1. The molecule has 2 saturated heterocycles. The van der Waals surface area contributed by atoms with Gasteiger partial charge in [-0.2, -0.15) is 26.3 Å². The molecule has 2 unspecified atom stereocenters. The van der Waals surface area contributed by atoms with Gasteiger partial charge in [0.25, 0.3) is 0 Å². The molecule has 1 N–H and O–H groups in total. The van der Waals surface area contributed by atoms with Gasteiger partial charge in [0.15, 0.2) is 0 Å². The van der Waals surface area contributed by atoms with E-state index >= 15 is 0 Å². The van der Waals surface area contributed by atoms with Gasteiger partial charge in [0, 0.05) is 51.6 Å². The van der Waals surface area contributed by atoms with Crippen LogP contribution in [0.1, 0.15) is 53.0 Å². The number of likely N-dealkylation sites (tertiary alicyclic amines) is 1.